The topological polar surface area (TPSA) is 44.3 Å². The monoisotopic (exact) mass is 249 g/mol. The fourth-order valence-corrected chi connectivity index (χ4v) is 2.37. The van der Waals surface area contributed by atoms with Crippen LogP contribution in [0.2, 0.25) is 0 Å². The second-order valence-corrected chi connectivity index (χ2v) is 5.04. The molecular weight excluding hydrogens is 226 g/mol. The fourth-order valence-electron chi connectivity index (χ4n) is 2.37. The Balaban J connectivity index is 1.97. The van der Waals surface area contributed by atoms with Crippen molar-refractivity contribution in [3.05, 3.63) is 18.1 Å². The molecule has 18 heavy (non-hydrogen) atoms. The summed E-state index contributed by atoms with van der Waals surface area (Å²) >= 11 is 0. The zero-order chi connectivity index (χ0) is 13.0. The van der Waals surface area contributed by atoms with Crippen molar-refractivity contribution in [2.24, 2.45) is 0 Å². The molecule has 0 atom stereocenters. The van der Waals surface area contributed by atoms with Crippen molar-refractivity contribution < 1.29 is 0 Å². The lowest BCUT2D eigenvalue weighted by Gasteiger charge is -2.35. The number of likely N-dealkylation sites (tertiary alicyclic amines) is 1. The molecule has 0 aliphatic carbocycles. The third kappa shape index (κ3) is 3.17. The second kappa shape index (κ2) is 6.11. The van der Waals surface area contributed by atoms with Crippen LogP contribution in [-0.2, 0) is 6.54 Å². The van der Waals surface area contributed by atoms with Gasteiger partial charge in [-0.3, -0.25) is 4.98 Å². The van der Waals surface area contributed by atoms with E-state index in [9.17, 15) is 0 Å². The zero-order valence-corrected chi connectivity index (χ0v) is 11.6. The van der Waals surface area contributed by atoms with E-state index < -0.39 is 0 Å². The minimum absolute atomic E-state index is 0.589. The maximum absolute atomic E-state index is 4.50. The van der Waals surface area contributed by atoms with Gasteiger partial charge in [-0.1, -0.05) is 0 Å². The first-order valence-electron chi connectivity index (χ1n) is 6.57. The highest BCUT2D eigenvalue weighted by Gasteiger charge is 2.21. The number of hydrogen-bond acceptors (Lipinski definition) is 5. The summed E-state index contributed by atoms with van der Waals surface area (Å²) in [6.07, 6.45) is 6.14. The number of hydrogen-bond donors (Lipinski definition) is 1. The van der Waals surface area contributed by atoms with Gasteiger partial charge in [-0.2, -0.15) is 0 Å². The van der Waals surface area contributed by atoms with Gasteiger partial charge in [-0.05, 0) is 40.0 Å². The Labute approximate surface area is 109 Å². The predicted molar refractivity (Wildman–Crippen MR) is 73.7 cm³/mol. The van der Waals surface area contributed by atoms with Crippen LogP contribution in [-0.4, -0.2) is 55.1 Å². The van der Waals surface area contributed by atoms with E-state index in [4.69, 9.17) is 0 Å². The summed E-state index contributed by atoms with van der Waals surface area (Å²) in [7, 11) is 6.22. The summed E-state index contributed by atoms with van der Waals surface area (Å²) in [5.74, 6) is 0.976. The fraction of sp³-hybridized carbons (Fsp3) is 0.692. The molecule has 1 fully saturated rings. The number of nitrogens with zero attached hydrogens (tertiary/aromatic N) is 4. The summed E-state index contributed by atoms with van der Waals surface area (Å²) in [4.78, 5) is 13.6. The zero-order valence-electron chi connectivity index (χ0n) is 11.6. The van der Waals surface area contributed by atoms with E-state index in [0.717, 1.165) is 18.1 Å². The largest absolute Gasteiger partial charge is 0.355 e. The predicted octanol–water partition coefficient (Wildman–Crippen LogP) is 0.726. The lowest BCUT2D eigenvalue weighted by Crippen LogP contribution is -2.42. The van der Waals surface area contributed by atoms with Crippen LogP contribution in [0, 0.1) is 0 Å². The van der Waals surface area contributed by atoms with Gasteiger partial charge in [-0.25, -0.2) is 4.98 Å². The molecule has 2 rings (SSSR count). The minimum Gasteiger partial charge on any atom is -0.355 e. The molecule has 0 saturated carbocycles. The first-order chi connectivity index (χ1) is 8.70. The van der Waals surface area contributed by atoms with Crippen LogP contribution in [0.3, 0.4) is 0 Å². The third-order valence-electron chi connectivity index (χ3n) is 3.65. The van der Waals surface area contributed by atoms with Crippen LogP contribution in [0.5, 0.6) is 0 Å². The molecule has 0 unspecified atom stereocenters. The van der Waals surface area contributed by atoms with Crippen LogP contribution in [0.25, 0.3) is 0 Å². The molecule has 1 saturated heterocycles. The van der Waals surface area contributed by atoms with E-state index in [-0.39, 0.29) is 0 Å². The number of nitrogens with one attached hydrogen (secondary N) is 1. The summed E-state index contributed by atoms with van der Waals surface area (Å²) in [5.41, 5.74) is 0.984. The van der Waals surface area contributed by atoms with Crippen molar-refractivity contribution in [3.63, 3.8) is 0 Å². The molecule has 5 heteroatoms. The summed E-state index contributed by atoms with van der Waals surface area (Å²) in [5, 5.41) is 3.08. The normalized spacial score (nSPS) is 17.9. The smallest absolute Gasteiger partial charge is 0.147 e. The lowest BCUT2D eigenvalue weighted by atomic mass is 10.0. The van der Waals surface area contributed by atoms with Crippen molar-refractivity contribution >= 4 is 5.82 Å². The maximum atomic E-state index is 4.50. The van der Waals surface area contributed by atoms with Gasteiger partial charge in [0.2, 0.25) is 0 Å². The molecule has 0 radical (unpaired) electrons. The molecule has 0 spiro atoms. The SMILES string of the molecule is CNCc1cnc(N(C)C2CCN(C)CC2)cn1. The van der Waals surface area contributed by atoms with Crippen LogP contribution in [0.15, 0.2) is 12.4 Å². The van der Waals surface area contributed by atoms with Crippen LogP contribution in [0.1, 0.15) is 18.5 Å². The number of anilines is 1. The van der Waals surface area contributed by atoms with Crippen molar-refractivity contribution in [1.29, 1.82) is 0 Å². The Hall–Kier alpha value is -1.20. The van der Waals surface area contributed by atoms with Gasteiger partial charge in [0.1, 0.15) is 5.82 Å². The van der Waals surface area contributed by atoms with Gasteiger partial charge in [0, 0.05) is 19.6 Å². The highest BCUT2D eigenvalue weighted by Crippen LogP contribution is 2.19. The van der Waals surface area contributed by atoms with Crippen molar-refractivity contribution in [3.8, 4) is 0 Å². The minimum atomic E-state index is 0.589. The van der Waals surface area contributed by atoms with Crippen molar-refractivity contribution in [2.45, 2.75) is 25.4 Å². The summed E-state index contributed by atoms with van der Waals surface area (Å²) < 4.78 is 0. The summed E-state index contributed by atoms with van der Waals surface area (Å²) in [6, 6.07) is 0.589. The van der Waals surface area contributed by atoms with Gasteiger partial charge < -0.3 is 15.1 Å². The van der Waals surface area contributed by atoms with Crippen LogP contribution < -0.4 is 10.2 Å². The van der Waals surface area contributed by atoms with E-state index in [1.54, 1.807) is 0 Å². The van der Waals surface area contributed by atoms with E-state index in [1.807, 2.05) is 19.4 Å². The molecule has 1 aromatic rings. The van der Waals surface area contributed by atoms with E-state index in [2.05, 4.69) is 39.2 Å². The molecule has 0 bridgehead atoms. The van der Waals surface area contributed by atoms with Gasteiger partial charge in [0.15, 0.2) is 0 Å². The van der Waals surface area contributed by atoms with E-state index in [0.29, 0.717) is 6.04 Å². The number of rotatable bonds is 4. The molecule has 1 aliphatic heterocycles. The summed E-state index contributed by atoms with van der Waals surface area (Å²) in [6.45, 7) is 3.10. The molecule has 5 nitrogen and oxygen atoms in total. The van der Waals surface area contributed by atoms with Gasteiger partial charge >= 0.3 is 0 Å². The molecule has 1 aliphatic rings. The average Bonchev–Trinajstić information content (AvgIpc) is 2.40. The second-order valence-electron chi connectivity index (χ2n) is 5.04. The molecule has 1 aromatic heterocycles. The number of piperidine rings is 1. The molecular formula is C13H23N5. The first-order valence-corrected chi connectivity index (χ1v) is 6.57. The Kier molecular flexibility index (Phi) is 4.49. The maximum Gasteiger partial charge on any atom is 0.147 e. The molecule has 100 valence electrons. The molecule has 1 N–H and O–H groups in total. The Morgan fingerprint density at radius 1 is 1.33 bits per heavy atom. The highest BCUT2D eigenvalue weighted by atomic mass is 15.2. The Morgan fingerprint density at radius 2 is 2.06 bits per heavy atom. The van der Waals surface area contributed by atoms with Gasteiger partial charge in [-0.15, -0.1) is 0 Å². The standard InChI is InChI=1S/C13H23N5/c1-14-8-11-9-16-13(10-15-11)18(3)12-4-6-17(2)7-5-12/h9-10,12,14H,4-8H2,1-3H3. The lowest BCUT2D eigenvalue weighted by molar-refractivity contribution is 0.252. The Morgan fingerprint density at radius 3 is 2.61 bits per heavy atom. The number of aromatic nitrogens is 2. The molecule has 2 heterocycles. The van der Waals surface area contributed by atoms with E-state index in [1.165, 1.54) is 25.9 Å². The Bertz CT molecular complexity index is 356. The highest BCUT2D eigenvalue weighted by molar-refractivity contribution is 5.36. The first kappa shape index (κ1) is 13.2. The quantitative estimate of drug-likeness (QED) is 0.852. The third-order valence-corrected chi connectivity index (χ3v) is 3.65. The molecule has 0 amide bonds. The average molecular weight is 249 g/mol. The van der Waals surface area contributed by atoms with Crippen LogP contribution >= 0.6 is 0 Å². The van der Waals surface area contributed by atoms with Gasteiger partial charge in [0.05, 0.1) is 18.1 Å². The van der Waals surface area contributed by atoms with E-state index >= 15 is 0 Å². The van der Waals surface area contributed by atoms with Gasteiger partial charge in [0.25, 0.3) is 0 Å². The van der Waals surface area contributed by atoms with Crippen molar-refractivity contribution in [1.82, 2.24) is 20.2 Å². The molecule has 0 aromatic carbocycles. The van der Waals surface area contributed by atoms with Crippen molar-refractivity contribution in [2.75, 3.05) is 39.1 Å². The van der Waals surface area contributed by atoms with Crippen LogP contribution in [0.4, 0.5) is 5.82 Å².